The largest absolute Gasteiger partial charge is 0.357 e. The number of allylic oxidation sites excluding steroid dienone is 1. The third-order valence-electron chi connectivity index (χ3n) is 6.21. The molecule has 2 nitrogen and oxygen atoms in total. The van der Waals surface area contributed by atoms with Gasteiger partial charge in [0.05, 0.1) is 0 Å². The predicted octanol–water partition coefficient (Wildman–Crippen LogP) is 4.61. The van der Waals surface area contributed by atoms with Crippen LogP contribution in [0.3, 0.4) is 0 Å². The van der Waals surface area contributed by atoms with Gasteiger partial charge in [0.25, 0.3) is 0 Å². The quantitative estimate of drug-likeness (QED) is 0.803. The topological polar surface area (TPSA) is 19.0 Å². The number of aromatic amines is 1. The van der Waals surface area contributed by atoms with Crippen LogP contribution in [-0.4, -0.2) is 29.5 Å². The van der Waals surface area contributed by atoms with Crippen LogP contribution in [0, 0.1) is 5.92 Å². The van der Waals surface area contributed by atoms with Crippen LogP contribution in [0.15, 0.2) is 30.9 Å². The van der Waals surface area contributed by atoms with E-state index in [0.29, 0.717) is 12.0 Å². The van der Waals surface area contributed by atoms with Crippen LogP contribution in [-0.2, 0) is 11.8 Å². The number of H-pyrrole nitrogens is 1. The van der Waals surface area contributed by atoms with Gasteiger partial charge in [0.1, 0.15) is 0 Å². The van der Waals surface area contributed by atoms with Gasteiger partial charge in [0.15, 0.2) is 0 Å². The summed E-state index contributed by atoms with van der Waals surface area (Å²) in [4.78, 5) is 6.33. The maximum absolute atomic E-state index is 4.07. The molecule has 1 aliphatic heterocycles. The van der Waals surface area contributed by atoms with Gasteiger partial charge >= 0.3 is 0 Å². The Hall–Kier alpha value is -1.54. The zero-order chi connectivity index (χ0) is 16.4. The van der Waals surface area contributed by atoms with Crippen molar-refractivity contribution in [2.45, 2.75) is 51.0 Å². The highest BCUT2D eigenvalue weighted by molar-refractivity contribution is 5.90. The van der Waals surface area contributed by atoms with Gasteiger partial charge in [-0.1, -0.05) is 39.0 Å². The van der Waals surface area contributed by atoms with Gasteiger partial charge < -0.3 is 9.88 Å². The van der Waals surface area contributed by atoms with Crippen molar-refractivity contribution in [1.29, 1.82) is 0 Å². The van der Waals surface area contributed by atoms with Crippen molar-refractivity contribution >= 4 is 10.9 Å². The summed E-state index contributed by atoms with van der Waals surface area (Å²) in [5.74, 6) is 1.46. The minimum atomic E-state index is -0.0149. The van der Waals surface area contributed by atoms with E-state index in [0.717, 1.165) is 12.3 Å². The molecule has 1 aliphatic carbocycles. The van der Waals surface area contributed by atoms with E-state index in [-0.39, 0.29) is 5.41 Å². The fourth-order valence-corrected chi connectivity index (χ4v) is 4.95. The molecule has 0 radical (unpaired) electrons. The SMILES string of the molecule is C=CC(C)(C)c1[nH]c2cccc3c2c1C[C@@H]1[C@H]3C[C@H](C)CN1C. The van der Waals surface area contributed by atoms with Gasteiger partial charge in [-0.2, -0.15) is 0 Å². The van der Waals surface area contributed by atoms with Crippen molar-refractivity contribution in [3.05, 3.63) is 47.7 Å². The monoisotopic (exact) mass is 308 g/mol. The van der Waals surface area contributed by atoms with Crippen LogP contribution in [0.1, 0.15) is 49.9 Å². The Bertz CT molecular complexity index is 767. The number of hydrogen-bond acceptors (Lipinski definition) is 1. The Morgan fingerprint density at radius 1 is 1.35 bits per heavy atom. The molecule has 0 bridgehead atoms. The maximum Gasteiger partial charge on any atom is 0.0462 e. The first kappa shape index (κ1) is 15.0. The minimum absolute atomic E-state index is 0.0149. The molecule has 1 N–H and O–H groups in total. The normalized spacial score (nSPS) is 27.9. The molecule has 122 valence electrons. The number of likely N-dealkylation sites (N-methyl/N-ethyl adjacent to an activating group) is 1. The van der Waals surface area contributed by atoms with Crippen molar-refractivity contribution in [2.24, 2.45) is 5.92 Å². The van der Waals surface area contributed by atoms with E-state index in [1.807, 2.05) is 0 Å². The number of nitrogens with one attached hydrogen (secondary N) is 1. The van der Waals surface area contributed by atoms with Crippen LogP contribution in [0.4, 0.5) is 0 Å². The van der Waals surface area contributed by atoms with E-state index in [2.05, 4.69) is 68.6 Å². The lowest BCUT2D eigenvalue weighted by Gasteiger charge is -2.45. The third-order valence-corrected chi connectivity index (χ3v) is 6.21. The lowest BCUT2D eigenvalue weighted by molar-refractivity contribution is 0.119. The first-order valence-electron chi connectivity index (χ1n) is 8.90. The lowest BCUT2D eigenvalue weighted by atomic mass is 9.71. The summed E-state index contributed by atoms with van der Waals surface area (Å²) < 4.78 is 0. The Kier molecular flexibility index (Phi) is 3.25. The minimum Gasteiger partial charge on any atom is -0.357 e. The van der Waals surface area contributed by atoms with E-state index in [4.69, 9.17) is 0 Å². The predicted molar refractivity (Wildman–Crippen MR) is 98.2 cm³/mol. The standard InChI is InChI=1S/C21H28N2/c1-6-21(3,4)20-16-11-18-15(10-13(2)12-23(18)5)14-8-7-9-17(22-20)19(14)16/h6-9,13,15,18,22H,1,10-12H2,2-5H3/t13-,15-,18+/m0/s1. The van der Waals surface area contributed by atoms with Crippen molar-refractivity contribution in [2.75, 3.05) is 13.6 Å². The first-order chi connectivity index (χ1) is 10.9. The Labute approximate surface area is 139 Å². The van der Waals surface area contributed by atoms with Crippen molar-refractivity contribution in [3.8, 4) is 0 Å². The molecular formula is C21H28N2. The molecule has 1 aromatic heterocycles. The number of likely N-dealkylation sites (tertiary alicyclic amines) is 1. The smallest absolute Gasteiger partial charge is 0.0462 e. The van der Waals surface area contributed by atoms with Gasteiger partial charge in [-0.05, 0) is 43.0 Å². The molecule has 0 spiro atoms. The molecule has 4 rings (SSSR count). The fourth-order valence-electron chi connectivity index (χ4n) is 4.95. The number of benzene rings is 1. The summed E-state index contributed by atoms with van der Waals surface area (Å²) in [6.07, 6.45) is 4.56. The second-order valence-corrected chi connectivity index (χ2v) is 8.33. The molecular weight excluding hydrogens is 280 g/mol. The van der Waals surface area contributed by atoms with E-state index < -0.39 is 0 Å². The zero-order valence-corrected chi connectivity index (χ0v) is 14.8. The Morgan fingerprint density at radius 3 is 2.87 bits per heavy atom. The molecule has 3 atom stereocenters. The number of fused-ring (bicyclic) bond motifs is 2. The average Bonchev–Trinajstić information content (AvgIpc) is 2.89. The van der Waals surface area contributed by atoms with Crippen LogP contribution >= 0.6 is 0 Å². The van der Waals surface area contributed by atoms with Crippen molar-refractivity contribution in [3.63, 3.8) is 0 Å². The number of hydrogen-bond donors (Lipinski definition) is 1. The van der Waals surface area contributed by atoms with Crippen molar-refractivity contribution < 1.29 is 0 Å². The van der Waals surface area contributed by atoms with E-state index in [1.54, 1.807) is 5.56 Å². The van der Waals surface area contributed by atoms with E-state index >= 15 is 0 Å². The Morgan fingerprint density at radius 2 is 2.13 bits per heavy atom. The highest BCUT2D eigenvalue weighted by Gasteiger charge is 2.40. The molecule has 1 saturated heterocycles. The third kappa shape index (κ3) is 2.11. The molecule has 1 aromatic carbocycles. The lowest BCUT2D eigenvalue weighted by Crippen LogP contribution is -2.47. The van der Waals surface area contributed by atoms with Crippen LogP contribution in [0.25, 0.3) is 10.9 Å². The summed E-state index contributed by atoms with van der Waals surface area (Å²) in [5.41, 5.74) is 5.75. The molecule has 0 saturated carbocycles. The molecule has 2 aliphatic rings. The summed E-state index contributed by atoms with van der Waals surface area (Å²) in [6, 6.07) is 7.47. The molecule has 2 heterocycles. The highest BCUT2D eigenvalue weighted by Crippen LogP contribution is 2.47. The molecule has 2 aromatic rings. The highest BCUT2D eigenvalue weighted by atomic mass is 15.1. The fraction of sp³-hybridized carbons (Fsp3) is 0.524. The average molecular weight is 308 g/mol. The zero-order valence-electron chi connectivity index (χ0n) is 14.8. The Balaban J connectivity index is 1.96. The second kappa shape index (κ2) is 4.98. The number of aromatic nitrogens is 1. The maximum atomic E-state index is 4.07. The van der Waals surface area contributed by atoms with Gasteiger partial charge in [0, 0.05) is 40.5 Å². The summed E-state index contributed by atoms with van der Waals surface area (Å²) in [6.45, 7) is 12.2. The summed E-state index contributed by atoms with van der Waals surface area (Å²) in [5, 5.41) is 1.50. The number of rotatable bonds is 2. The molecule has 1 fully saturated rings. The second-order valence-electron chi connectivity index (χ2n) is 8.33. The molecule has 2 heteroatoms. The van der Waals surface area contributed by atoms with Gasteiger partial charge in [-0.3, -0.25) is 0 Å². The number of piperidine rings is 1. The van der Waals surface area contributed by atoms with Gasteiger partial charge in [-0.15, -0.1) is 6.58 Å². The molecule has 23 heavy (non-hydrogen) atoms. The van der Waals surface area contributed by atoms with Gasteiger partial charge in [-0.25, -0.2) is 0 Å². The van der Waals surface area contributed by atoms with Crippen LogP contribution in [0.2, 0.25) is 0 Å². The van der Waals surface area contributed by atoms with Crippen LogP contribution < -0.4 is 0 Å². The van der Waals surface area contributed by atoms with E-state index in [1.165, 1.54) is 35.1 Å². The van der Waals surface area contributed by atoms with Crippen molar-refractivity contribution in [1.82, 2.24) is 9.88 Å². The summed E-state index contributed by atoms with van der Waals surface area (Å²) >= 11 is 0. The molecule has 0 unspecified atom stereocenters. The first-order valence-corrected chi connectivity index (χ1v) is 8.90. The summed E-state index contributed by atoms with van der Waals surface area (Å²) in [7, 11) is 2.31. The number of nitrogens with zero attached hydrogens (tertiary/aromatic N) is 1. The molecule has 0 amide bonds. The van der Waals surface area contributed by atoms with E-state index in [9.17, 15) is 0 Å². The van der Waals surface area contributed by atoms with Crippen LogP contribution in [0.5, 0.6) is 0 Å². The van der Waals surface area contributed by atoms with Gasteiger partial charge in [0.2, 0.25) is 0 Å².